The number of carbonyl (C=O) groups is 2. The smallest absolute Gasteiger partial charge is 0.206 e. The number of rotatable bonds is 2. The summed E-state index contributed by atoms with van der Waals surface area (Å²) in [6, 6.07) is 0. The van der Waals surface area contributed by atoms with Gasteiger partial charge in [-0.1, -0.05) is 25.5 Å². The second-order valence-electron chi connectivity index (χ2n) is 5.35. The molecule has 0 heterocycles. The van der Waals surface area contributed by atoms with Gasteiger partial charge in [0.1, 0.15) is 0 Å². The average molecular weight is 206 g/mol. The molecule has 3 aliphatic rings. The number of hydrogen-bond acceptors (Lipinski definition) is 2. The van der Waals surface area contributed by atoms with Gasteiger partial charge in [0.05, 0.1) is 0 Å². The van der Waals surface area contributed by atoms with Crippen molar-refractivity contribution in [2.45, 2.75) is 33.6 Å². The van der Waals surface area contributed by atoms with Crippen molar-refractivity contribution < 1.29 is 9.59 Å². The van der Waals surface area contributed by atoms with Crippen molar-refractivity contribution in [2.75, 3.05) is 0 Å². The minimum atomic E-state index is -0.148. The van der Waals surface area contributed by atoms with Crippen LogP contribution in [0.3, 0.4) is 0 Å². The van der Waals surface area contributed by atoms with Crippen molar-refractivity contribution in [3.05, 3.63) is 11.6 Å². The molecule has 0 aromatic carbocycles. The van der Waals surface area contributed by atoms with Gasteiger partial charge in [0.25, 0.3) is 0 Å². The number of hydrogen-bond donors (Lipinski definition) is 0. The second-order valence-corrected chi connectivity index (χ2v) is 5.35. The molecule has 0 N–H and O–H groups in total. The number of fused-ring (bicyclic) bond motifs is 2. The minimum Gasteiger partial charge on any atom is -0.290 e. The monoisotopic (exact) mass is 206 g/mol. The van der Waals surface area contributed by atoms with Crippen LogP contribution in [0.4, 0.5) is 0 Å². The average Bonchev–Trinajstić information content (AvgIpc) is 2.11. The fraction of sp³-hybridized carbons (Fsp3) is 0.692. The molecule has 0 amide bonds. The number of carbonyl (C=O) groups excluding carboxylic acids is 2. The molecule has 2 nitrogen and oxygen atoms in total. The van der Waals surface area contributed by atoms with E-state index >= 15 is 0 Å². The van der Waals surface area contributed by atoms with Gasteiger partial charge in [-0.3, -0.25) is 9.59 Å². The standard InChI is InChI=1S/C13H18O2/c1-7(2)4-9-6-10-5-8(3)11(9)13(15)12(10)14/h5,7,9-11H,4,6H2,1-3H3/t9-,10+,11-/m0/s1. The van der Waals surface area contributed by atoms with Crippen LogP contribution < -0.4 is 0 Å². The van der Waals surface area contributed by atoms with Gasteiger partial charge in [0.2, 0.25) is 11.6 Å². The van der Waals surface area contributed by atoms with Gasteiger partial charge in [-0.15, -0.1) is 0 Å². The molecular weight excluding hydrogens is 188 g/mol. The van der Waals surface area contributed by atoms with Crippen molar-refractivity contribution in [3.63, 3.8) is 0 Å². The van der Waals surface area contributed by atoms with Crippen molar-refractivity contribution in [2.24, 2.45) is 23.7 Å². The molecule has 0 aliphatic heterocycles. The quantitative estimate of drug-likeness (QED) is 0.513. The summed E-state index contributed by atoms with van der Waals surface area (Å²) in [6.07, 6.45) is 3.96. The lowest BCUT2D eigenvalue weighted by Crippen LogP contribution is -2.45. The first-order valence-corrected chi connectivity index (χ1v) is 5.77. The first kappa shape index (κ1) is 10.6. The van der Waals surface area contributed by atoms with Crippen LogP contribution in [-0.4, -0.2) is 11.6 Å². The lowest BCUT2D eigenvalue weighted by Gasteiger charge is -2.39. The Bertz CT molecular complexity index is 338. The zero-order chi connectivity index (χ0) is 11.2. The van der Waals surface area contributed by atoms with E-state index in [9.17, 15) is 9.59 Å². The highest BCUT2D eigenvalue weighted by atomic mass is 16.2. The van der Waals surface area contributed by atoms with E-state index < -0.39 is 0 Å². The Balaban J connectivity index is 2.25. The third-order valence-corrected chi connectivity index (χ3v) is 3.62. The molecule has 0 radical (unpaired) electrons. The minimum absolute atomic E-state index is 0.0927. The van der Waals surface area contributed by atoms with Crippen LogP contribution in [0, 0.1) is 23.7 Å². The van der Waals surface area contributed by atoms with Gasteiger partial charge < -0.3 is 0 Å². The molecule has 0 spiro atoms. The molecule has 2 heteroatoms. The van der Waals surface area contributed by atoms with Crippen LogP contribution in [0.1, 0.15) is 33.6 Å². The number of allylic oxidation sites excluding steroid dienone is 2. The predicted octanol–water partition coefficient (Wildman–Crippen LogP) is 2.38. The fourth-order valence-corrected chi connectivity index (χ4v) is 3.10. The summed E-state index contributed by atoms with van der Waals surface area (Å²) in [5.41, 5.74) is 1.13. The van der Waals surface area contributed by atoms with Gasteiger partial charge in [0.15, 0.2) is 0 Å². The zero-order valence-corrected chi connectivity index (χ0v) is 9.62. The van der Waals surface area contributed by atoms with Crippen LogP contribution in [0.5, 0.6) is 0 Å². The van der Waals surface area contributed by atoms with E-state index in [4.69, 9.17) is 0 Å². The molecule has 3 aliphatic carbocycles. The Labute approximate surface area is 90.7 Å². The van der Waals surface area contributed by atoms with Gasteiger partial charge >= 0.3 is 0 Å². The highest BCUT2D eigenvalue weighted by Gasteiger charge is 2.46. The van der Waals surface area contributed by atoms with Crippen LogP contribution >= 0.6 is 0 Å². The van der Waals surface area contributed by atoms with Crippen LogP contribution in [0.25, 0.3) is 0 Å². The van der Waals surface area contributed by atoms with Crippen LogP contribution in [0.2, 0.25) is 0 Å². The summed E-state index contributed by atoms with van der Waals surface area (Å²) in [6.45, 7) is 6.34. The third kappa shape index (κ3) is 1.66. The topological polar surface area (TPSA) is 34.1 Å². The molecule has 1 saturated carbocycles. The molecule has 82 valence electrons. The highest BCUT2D eigenvalue weighted by Crippen LogP contribution is 2.43. The maximum absolute atomic E-state index is 11.8. The maximum Gasteiger partial charge on any atom is 0.206 e. The van der Waals surface area contributed by atoms with E-state index in [0.717, 1.165) is 18.4 Å². The SMILES string of the molecule is CC1=C[C@@H]2C[C@H](CC(C)C)[C@H]1C(=O)C2=O. The van der Waals surface area contributed by atoms with Gasteiger partial charge in [-0.05, 0) is 31.6 Å². The van der Waals surface area contributed by atoms with Crippen molar-refractivity contribution >= 4 is 11.6 Å². The molecule has 0 unspecified atom stereocenters. The molecular formula is C13H18O2. The van der Waals surface area contributed by atoms with Crippen LogP contribution in [-0.2, 0) is 9.59 Å². The van der Waals surface area contributed by atoms with Gasteiger partial charge in [-0.25, -0.2) is 0 Å². The lowest BCUT2D eigenvalue weighted by atomic mass is 9.62. The Kier molecular flexibility index (Phi) is 2.53. The van der Waals surface area contributed by atoms with E-state index in [2.05, 4.69) is 13.8 Å². The maximum atomic E-state index is 11.8. The molecule has 2 bridgehead atoms. The summed E-state index contributed by atoms with van der Waals surface area (Å²) in [4.78, 5) is 23.4. The van der Waals surface area contributed by atoms with Crippen molar-refractivity contribution in [1.29, 1.82) is 0 Å². The Morgan fingerprint density at radius 1 is 1.33 bits per heavy atom. The fourth-order valence-electron chi connectivity index (χ4n) is 3.10. The summed E-state index contributed by atoms with van der Waals surface area (Å²) in [5, 5.41) is 0. The molecule has 1 fully saturated rings. The third-order valence-electron chi connectivity index (χ3n) is 3.62. The predicted molar refractivity (Wildman–Crippen MR) is 58.3 cm³/mol. The Morgan fingerprint density at radius 3 is 2.53 bits per heavy atom. The Morgan fingerprint density at radius 2 is 2.00 bits per heavy atom. The second kappa shape index (κ2) is 3.58. The lowest BCUT2D eigenvalue weighted by molar-refractivity contribution is -0.145. The highest BCUT2D eigenvalue weighted by molar-refractivity contribution is 6.41. The number of ketones is 2. The summed E-state index contributed by atoms with van der Waals surface area (Å²) < 4.78 is 0. The summed E-state index contributed by atoms with van der Waals surface area (Å²) in [7, 11) is 0. The van der Waals surface area contributed by atoms with E-state index in [1.807, 2.05) is 13.0 Å². The molecule has 15 heavy (non-hydrogen) atoms. The van der Waals surface area contributed by atoms with E-state index in [-0.39, 0.29) is 23.4 Å². The number of Topliss-reactive ketones (excluding diaryl/α,β-unsaturated/α-hetero) is 2. The first-order chi connectivity index (χ1) is 7.00. The van der Waals surface area contributed by atoms with Gasteiger partial charge in [-0.2, -0.15) is 0 Å². The summed E-state index contributed by atoms with van der Waals surface area (Å²) in [5.74, 6) is 0.536. The van der Waals surface area contributed by atoms with Gasteiger partial charge in [0, 0.05) is 11.8 Å². The Hall–Kier alpha value is -0.920. The molecule has 0 saturated heterocycles. The molecule has 3 rings (SSSR count). The van der Waals surface area contributed by atoms with E-state index in [0.29, 0.717) is 11.8 Å². The van der Waals surface area contributed by atoms with Crippen molar-refractivity contribution in [1.82, 2.24) is 0 Å². The first-order valence-electron chi connectivity index (χ1n) is 5.77. The molecule has 0 aromatic heterocycles. The van der Waals surface area contributed by atoms with E-state index in [1.165, 1.54) is 0 Å². The normalized spacial score (nSPS) is 34.9. The van der Waals surface area contributed by atoms with E-state index in [1.54, 1.807) is 0 Å². The molecule has 3 atom stereocenters. The van der Waals surface area contributed by atoms with Crippen molar-refractivity contribution in [3.8, 4) is 0 Å². The molecule has 0 aromatic rings. The largest absolute Gasteiger partial charge is 0.290 e. The summed E-state index contributed by atoms with van der Waals surface area (Å²) >= 11 is 0. The van der Waals surface area contributed by atoms with Crippen LogP contribution in [0.15, 0.2) is 11.6 Å². The zero-order valence-electron chi connectivity index (χ0n) is 9.62.